The van der Waals surface area contributed by atoms with Gasteiger partial charge in [-0.25, -0.2) is 9.79 Å². The van der Waals surface area contributed by atoms with E-state index in [2.05, 4.69) is 15.9 Å². The average molecular weight is 653 g/mol. The van der Waals surface area contributed by atoms with Crippen LogP contribution in [0.3, 0.4) is 0 Å². The lowest BCUT2D eigenvalue weighted by atomic mass is 9.93. The summed E-state index contributed by atoms with van der Waals surface area (Å²) in [5.74, 6) is -1.16. The van der Waals surface area contributed by atoms with Crippen LogP contribution in [0.5, 0.6) is 5.75 Å². The summed E-state index contributed by atoms with van der Waals surface area (Å²) in [7, 11) is 0. The summed E-state index contributed by atoms with van der Waals surface area (Å²) in [6, 6.07) is 18.6. The standard InChI is InChI=1S/C29H22BrN3O6S2/c1-3-39-28(36)23-24(16-7-5-4-6-8-16)31-29-32(25(23)17-9-11-20(40-2)12-10-17)27(35)22(41-29)14-18-13-19(30)15-21(26(18)34)33(37)38/h4-15,25,34H,3H2,1-2H3/b22-14-/t25-/m0/s1. The van der Waals surface area contributed by atoms with E-state index in [-0.39, 0.29) is 22.3 Å². The fourth-order valence-corrected chi connectivity index (χ4v) is 6.40. The van der Waals surface area contributed by atoms with E-state index >= 15 is 0 Å². The maximum Gasteiger partial charge on any atom is 0.338 e. The Bertz CT molecular complexity index is 1880. The van der Waals surface area contributed by atoms with Gasteiger partial charge >= 0.3 is 11.7 Å². The summed E-state index contributed by atoms with van der Waals surface area (Å²) in [4.78, 5) is 44.4. The molecule has 12 heteroatoms. The van der Waals surface area contributed by atoms with Crippen LogP contribution in [0.25, 0.3) is 11.8 Å². The molecule has 0 aliphatic carbocycles. The van der Waals surface area contributed by atoms with Gasteiger partial charge in [0, 0.05) is 26.6 Å². The lowest BCUT2D eigenvalue weighted by Gasteiger charge is -2.26. The minimum Gasteiger partial charge on any atom is -0.502 e. The van der Waals surface area contributed by atoms with Crippen molar-refractivity contribution in [1.29, 1.82) is 0 Å². The molecule has 1 aliphatic rings. The number of hydrogen-bond acceptors (Lipinski definition) is 9. The third-order valence-electron chi connectivity index (χ3n) is 6.37. The Morgan fingerprint density at radius 3 is 2.56 bits per heavy atom. The monoisotopic (exact) mass is 651 g/mol. The van der Waals surface area contributed by atoms with E-state index in [9.17, 15) is 24.8 Å². The molecule has 3 aromatic carbocycles. The van der Waals surface area contributed by atoms with Gasteiger partial charge in [-0.3, -0.25) is 19.5 Å². The number of ether oxygens (including phenoxy) is 1. The smallest absolute Gasteiger partial charge is 0.338 e. The number of rotatable bonds is 7. The number of phenols is 1. The zero-order valence-electron chi connectivity index (χ0n) is 21.7. The van der Waals surface area contributed by atoms with E-state index in [1.54, 1.807) is 18.7 Å². The van der Waals surface area contributed by atoms with Gasteiger partial charge < -0.3 is 9.84 Å². The van der Waals surface area contributed by atoms with Gasteiger partial charge in [0.1, 0.15) is 0 Å². The number of carbonyl (C=O) groups excluding carboxylic acids is 1. The fourth-order valence-electron chi connectivity index (χ4n) is 4.54. The second-order valence-corrected chi connectivity index (χ2v) is 11.6. The van der Waals surface area contributed by atoms with Crippen LogP contribution in [0.2, 0.25) is 0 Å². The fraction of sp³-hybridized carbons (Fsp3) is 0.138. The molecule has 0 fully saturated rings. The predicted molar refractivity (Wildman–Crippen MR) is 162 cm³/mol. The lowest BCUT2D eigenvalue weighted by Crippen LogP contribution is -2.40. The number of halogens is 1. The maximum absolute atomic E-state index is 14.0. The van der Waals surface area contributed by atoms with E-state index in [0.717, 1.165) is 16.2 Å². The quantitative estimate of drug-likeness (QED) is 0.129. The highest BCUT2D eigenvalue weighted by molar-refractivity contribution is 9.10. The lowest BCUT2D eigenvalue weighted by molar-refractivity contribution is -0.385. The number of aromatic hydroxyl groups is 1. The van der Waals surface area contributed by atoms with Crippen molar-refractivity contribution in [3.63, 3.8) is 0 Å². The van der Waals surface area contributed by atoms with Crippen molar-refractivity contribution >= 4 is 62.5 Å². The summed E-state index contributed by atoms with van der Waals surface area (Å²) in [5.41, 5.74) is 1.09. The number of thioether (sulfide) groups is 1. The first-order valence-corrected chi connectivity index (χ1v) is 15.2. The topological polar surface area (TPSA) is 124 Å². The van der Waals surface area contributed by atoms with E-state index < -0.39 is 33.9 Å². The van der Waals surface area contributed by atoms with Crippen LogP contribution < -0.4 is 14.9 Å². The van der Waals surface area contributed by atoms with Gasteiger partial charge in [0.2, 0.25) is 5.75 Å². The Hall–Kier alpha value is -4.00. The Morgan fingerprint density at radius 1 is 1.22 bits per heavy atom. The normalized spacial score (nSPS) is 14.9. The molecule has 0 radical (unpaired) electrons. The summed E-state index contributed by atoms with van der Waals surface area (Å²) in [6.45, 7) is 1.84. The Balaban J connectivity index is 1.83. The van der Waals surface area contributed by atoms with E-state index in [1.165, 1.54) is 22.8 Å². The number of phenolic OH excluding ortho intramolecular Hbond substituents is 1. The first kappa shape index (κ1) is 28.5. The number of thiazole rings is 1. The number of nitrogens with zero attached hydrogens (tertiary/aromatic N) is 3. The molecule has 0 bridgehead atoms. The first-order chi connectivity index (χ1) is 19.7. The molecule has 41 heavy (non-hydrogen) atoms. The Labute approximate surface area is 250 Å². The summed E-state index contributed by atoms with van der Waals surface area (Å²) in [5, 5.41) is 22.0. The number of esters is 1. The molecular formula is C29H22BrN3O6S2. The van der Waals surface area contributed by atoms with Crippen molar-refractivity contribution in [3.05, 3.63) is 123 Å². The van der Waals surface area contributed by atoms with Crippen molar-refractivity contribution in [2.24, 2.45) is 4.99 Å². The van der Waals surface area contributed by atoms with Crippen LogP contribution in [0.15, 0.2) is 91.5 Å². The van der Waals surface area contributed by atoms with Crippen molar-refractivity contribution in [2.45, 2.75) is 17.9 Å². The Morgan fingerprint density at radius 2 is 1.93 bits per heavy atom. The number of nitro groups is 1. The molecule has 1 N–H and O–H groups in total. The number of aromatic nitrogens is 1. The summed E-state index contributed by atoms with van der Waals surface area (Å²) >= 11 is 5.86. The van der Waals surface area contributed by atoms with Crippen LogP contribution in [-0.4, -0.2) is 33.4 Å². The van der Waals surface area contributed by atoms with Gasteiger partial charge in [-0.1, -0.05) is 69.7 Å². The summed E-state index contributed by atoms with van der Waals surface area (Å²) < 4.78 is 7.45. The van der Waals surface area contributed by atoms with Gasteiger partial charge in [0.05, 0.1) is 33.4 Å². The third kappa shape index (κ3) is 5.50. The number of fused-ring (bicyclic) bond motifs is 1. The largest absolute Gasteiger partial charge is 0.502 e. The molecular weight excluding hydrogens is 630 g/mol. The molecule has 208 valence electrons. The molecule has 4 aromatic rings. The molecule has 1 aliphatic heterocycles. The number of benzene rings is 3. The molecule has 0 unspecified atom stereocenters. The minimum absolute atomic E-state index is 0.0881. The van der Waals surface area contributed by atoms with Crippen molar-refractivity contribution < 1.29 is 19.6 Å². The van der Waals surface area contributed by atoms with Gasteiger partial charge in [-0.05, 0) is 43.0 Å². The molecule has 2 heterocycles. The molecule has 0 saturated heterocycles. The summed E-state index contributed by atoms with van der Waals surface area (Å²) in [6.07, 6.45) is 3.35. The molecule has 9 nitrogen and oxygen atoms in total. The highest BCUT2D eigenvalue weighted by Crippen LogP contribution is 2.36. The van der Waals surface area contributed by atoms with Gasteiger partial charge in [0.15, 0.2) is 4.80 Å². The Kier molecular flexibility index (Phi) is 8.25. The highest BCUT2D eigenvalue weighted by atomic mass is 79.9. The number of carbonyl (C=O) groups is 1. The maximum atomic E-state index is 14.0. The van der Waals surface area contributed by atoms with Crippen LogP contribution in [0.4, 0.5) is 5.69 Å². The van der Waals surface area contributed by atoms with Gasteiger partial charge in [0.25, 0.3) is 5.56 Å². The van der Waals surface area contributed by atoms with Crippen LogP contribution >= 0.6 is 39.0 Å². The van der Waals surface area contributed by atoms with E-state index in [1.807, 2.05) is 60.9 Å². The SMILES string of the molecule is CCOC(=O)C1=C(c2ccccc2)N=c2s/c(=C\c3cc(Br)cc([N+](=O)[O-])c3O)c(=O)n2[C@H]1c1ccc(SC)cc1. The molecule has 1 atom stereocenters. The molecule has 0 saturated carbocycles. The number of nitro benzene ring substituents is 1. The van der Waals surface area contributed by atoms with Crippen molar-refractivity contribution in [2.75, 3.05) is 12.9 Å². The third-order valence-corrected chi connectivity index (χ3v) is 8.56. The van der Waals surface area contributed by atoms with E-state index in [0.29, 0.717) is 26.1 Å². The predicted octanol–water partition coefficient (Wildman–Crippen LogP) is 5.03. The van der Waals surface area contributed by atoms with Gasteiger partial charge in [-0.2, -0.15) is 0 Å². The molecule has 1 aromatic heterocycles. The second kappa shape index (κ2) is 11.9. The zero-order valence-corrected chi connectivity index (χ0v) is 25.0. The van der Waals surface area contributed by atoms with Crippen molar-refractivity contribution in [3.8, 4) is 5.75 Å². The zero-order chi connectivity index (χ0) is 29.3. The highest BCUT2D eigenvalue weighted by Gasteiger charge is 2.35. The molecule has 0 amide bonds. The second-order valence-electron chi connectivity index (χ2n) is 8.82. The van der Waals surface area contributed by atoms with E-state index in [4.69, 9.17) is 9.73 Å². The van der Waals surface area contributed by atoms with Gasteiger partial charge in [-0.15, -0.1) is 11.8 Å². The number of hydrogen-bond donors (Lipinski definition) is 1. The van der Waals surface area contributed by atoms with Crippen molar-refractivity contribution in [1.82, 2.24) is 4.57 Å². The molecule has 5 rings (SSSR count). The minimum atomic E-state index is -0.857. The first-order valence-electron chi connectivity index (χ1n) is 12.3. The van der Waals surface area contributed by atoms with Crippen LogP contribution in [0.1, 0.15) is 29.7 Å². The van der Waals surface area contributed by atoms with Crippen LogP contribution in [0, 0.1) is 10.1 Å². The average Bonchev–Trinajstić information content (AvgIpc) is 3.28. The van der Waals surface area contributed by atoms with Crippen LogP contribution in [-0.2, 0) is 9.53 Å². The molecule has 0 spiro atoms.